The van der Waals surface area contributed by atoms with Crippen molar-refractivity contribution in [3.8, 4) is 0 Å². The van der Waals surface area contributed by atoms with Gasteiger partial charge in [-0.3, -0.25) is 0 Å². The van der Waals surface area contributed by atoms with E-state index in [4.69, 9.17) is 4.74 Å². The fourth-order valence-corrected chi connectivity index (χ4v) is 2.55. The van der Waals surface area contributed by atoms with Gasteiger partial charge in [0.05, 0.1) is 12.6 Å². The van der Waals surface area contributed by atoms with E-state index in [1.54, 1.807) is 0 Å². The van der Waals surface area contributed by atoms with E-state index in [1.807, 2.05) is 7.05 Å². The average Bonchev–Trinajstić information content (AvgIpc) is 2.43. The molecule has 1 aromatic carbocycles. The number of hydrogen-bond donors (Lipinski definition) is 1. The molecule has 0 saturated carbocycles. The molecule has 1 N–H and O–H groups in total. The summed E-state index contributed by atoms with van der Waals surface area (Å²) < 4.78 is 5.84. The minimum absolute atomic E-state index is 0.297. The molecule has 1 unspecified atom stereocenters. The Hall–Kier alpha value is -0.860. The van der Waals surface area contributed by atoms with Gasteiger partial charge in [-0.2, -0.15) is 0 Å². The Kier molecular flexibility index (Phi) is 8.56. The maximum absolute atomic E-state index is 5.84. The lowest BCUT2D eigenvalue weighted by molar-refractivity contribution is 0.109. The van der Waals surface area contributed by atoms with Crippen LogP contribution < -0.4 is 5.32 Å². The highest BCUT2D eigenvalue weighted by molar-refractivity contribution is 5.32. The Balaban J connectivity index is 2.32. The van der Waals surface area contributed by atoms with E-state index in [9.17, 15) is 0 Å². The second kappa shape index (κ2) is 9.95. The van der Waals surface area contributed by atoms with Gasteiger partial charge in [-0.25, -0.2) is 0 Å². The van der Waals surface area contributed by atoms with Crippen LogP contribution >= 0.6 is 0 Å². The van der Waals surface area contributed by atoms with Crippen LogP contribution in [0.3, 0.4) is 0 Å². The van der Waals surface area contributed by atoms with E-state index < -0.39 is 0 Å². The zero-order chi connectivity index (χ0) is 14.8. The Morgan fingerprint density at radius 3 is 2.50 bits per heavy atom. The molecule has 0 amide bonds. The van der Waals surface area contributed by atoms with Gasteiger partial charge in [0.15, 0.2) is 0 Å². The quantitative estimate of drug-likeness (QED) is 0.633. The van der Waals surface area contributed by atoms with Crippen molar-refractivity contribution in [1.82, 2.24) is 5.32 Å². The third-order valence-electron chi connectivity index (χ3n) is 3.83. The molecule has 0 aliphatic carbocycles. The van der Waals surface area contributed by atoms with Crippen molar-refractivity contribution in [2.24, 2.45) is 0 Å². The molecule has 0 aliphatic rings. The number of rotatable bonds is 10. The third-order valence-corrected chi connectivity index (χ3v) is 3.83. The molecule has 0 bridgehead atoms. The van der Waals surface area contributed by atoms with Gasteiger partial charge in [0.25, 0.3) is 0 Å². The zero-order valence-corrected chi connectivity index (χ0v) is 13.7. The van der Waals surface area contributed by atoms with Gasteiger partial charge in [-0.15, -0.1) is 0 Å². The van der Waals surface area contributed by atoms with Crippen LogP contribution in [0.5, 0.6) is 0 Å². The molecular weight excluding hydrogens is 246 g/mol. The lowest BCUT2D eigenvalue weighted by Crippen LogP contribution is -2.23. The average molecular weight is 277 g/mol. The number of ether oxygens (including phenoxy) is 1. The summed E-state index contributed by atoms with van der Waals surface area (Å²) in [5, 5.41) is 3.36. The summed E-state index contributed by atoms with van der Waals surface area (Å²) in [5.41, 5.74) is 4.01. The van der Waals surface area contributed by atoms with Gasteiger partial charge in [0.2, 0.25) is 0 Å². The number of unbranched alkanes of at least 4 members (excludes halogenated alkanes) is 4. The molecule has 0 spiro atoms. The van der Waals surface area contributed by atoms with Gasteiger partial charge in [-0.05, 0) is 38.4 Å². The fourth-order valence-electron chi connectivity index (χ4n) is 2.55. The van der Waals surface area contributed by atoms with E-state index >= 15 is 0 Å². The van der Waals surface area contributed by atoms with Crippen molar-refractivity contribution in [3.05, 3.63) is 34.9 Å². The van der Waals surface area contributed by atoms with E-state index in [0.29, 0.717) is 6.04 Å². The van der Waals surface area contributed by atoms with Gasteiger partial charge in [0, 0.05) is 6.61 Å². The van der Waals surface area contributed by atoms with Crippen molar-refractivity contribution in [1.29, 1.82) is 0 Å². The Morgan fingerprint density at radius 1 is 1.10 bits per heavy atom. The highest BCUT2D eigenvalue weighted by Gasteiger charge is 2.11. The number of aryl methyl sites for hydroxylation is 2. The molecule has 0 saturated heterocycles. The molecule has 20 heavy (non-hydrogen) atoms. The first-order chi connectivity index (χ1) is 9.69. The van der Waals surface area contributed by atoms with E-state index in [1.165, 1.54) is 48.8 Å². The number of benzene rings is 1. The van der Waals surface area contributed by atoms with E-state index in [-0.39, 0.29) is 0 Å². The van der Waals surface area contributed by atoms with Crippen molar-refractivity contribution >= 4 is 0 Å². The second-order valence-electron chi connectivity index (χ2n) is 5.69. The summed E-state index contributed by atoms with van der Waals surface area (Å²) in [7, 11) is 2.01. The minimum atomic E-state index is 0.297. The summed E-state index contributed by atoms with van der Waals surface area (Å²) in [6.07, 6.45) is 6.47. The van der Waals surface area contributed by atoms with Crippen LogP contribution in [0.15, 0.2) is 18.2 Å². The molecule has 2 heteroatoms. The molecule has 0 fully saturated rings. The highest BCUT2D eigenvalue weighted by atomic mass is 16.5. The largest absolute Gasteiger partial charge is 0.379 e. The fraction of sp³-hybridized carbons (Fsp3) is 0.667. The molecule has 1 aromatic rings. The van der Waals surface area contributed by atoms with E-state index in [2.05, 4.69) is 44.3 Å². The topological polar surface area (TPSA) is 21.3 Å². The SMILES string of the molecule is CCCCCCCOCC(NC)c1ccc(C)cc1C. The highest BCUT2D eigenvalue weighted by Crippen LogP contribution is 2.19. The summed E-state index contributed by atoms with van der Waals surface area (Å²) in [4.78, 5) is 0. The van der Waals surface area contributed by atoms with Crippen LogP contribution in [0.25, 0.3) is 0 Å². The maximum atomic E-state index is 5.84. The van der Waals surface area contributed by atoms with Gasteiger partial charge >= 0.3 is 0 Å². The molecule has 114 valence electrons. The minimum Gasteiger partial charge on any atom is -0.379 e. The second-order valence-corrected chi connectivity index (χ2v) is 5.69. The van der Waals surface area contributed by atoms with Crippen LogP contribution in [0.4, 0.5) is 0 Å². The normalized spacial score (nSPS) is 12.6. The number of likely N-dealkylation sites (N-methyl/N-ethyl adjacent to an activating group) is 1. The molecule has 0 heterocycles. The molecule has 1 rings (SSSR count). The Morgan fingerprint density at radius 2 is 1.85 bits per heavy atom. The van der Waals surface area contributed by atoms with Crippen LogP contribution in [-0.4, -0.2) is 20.3 Å². The molecule has 2 nitrogen and oxygen atoms in total. The lowest BCUT2D eigenvalue weighted by Gasteiger charge is -2.19. The van der Waals surface area contributed by atoms with Crippen LogP contribution in [0.1, 0.15) is 61.8 Å². The summed E-state index contributed by atoms with van der Waals surface area (Å²) in [6, 6.07) is 6.93. The monoisotopic (exact) mass is 277 g/mol. The smallest absolute Gasteiger partial charge is 0.0661 e. The molecular formula is C18H31NO. The predicted molar refractivity (Wildman–Crippen MR) is 87.3 cm³/mol. The van der Waals surface area contributed by atoms with Crippen LogP contribution in [0, 0.1) is 13.8 Å². The van der Waals surface area contributed by atoms with Crippen LogP contribution in [0.2, 0.25) is 0 Å². The molecule has 0 aromatic heterocycles. The predicted octanol–water partition coefficient (Wildman–Crippen LogP) is 4.55. The number of nitrogens with one attached hydrogen (secondary N) is 1. The first kappa shape index (κ1) is 17.2. The summed E-state index contributed by atoms with van der Waals surface area (Å²) in [5.74, 6) is 0. The number of hydrogen-bond acceptors (Lipinski definition) is 2. The van der Waals surface area contributed by atoms with Crippen molar-refractivity contribution in [3.63, 3.8) is 0 Å². The zero-order valence-electron chi connectivity index (χ0n) is 13.7. The third kappa shape index (κ3) is 6.06. The van der Waals surface area contributed by atoms with Gasteiger partial charge in [0.1, 0.15) is 0 Å². The molecule has 0 radical (unpaired) electrons. The standard InChI is InChI=1S/C18H31NO/c1-5-6-7-8-9-12-20-14-18(19-4)17-11-10-15(2)13-16(17)3/h10-11,13,18-19H,5-9,12,14H2,1-4H3. The van der Waals surface area contributed by atoms with Crippen molar-refractivity contribution in [2.75, 3.05) is 20.3 Å². The molecule has 0 aliphatic heterocycles. The van der Waals surface area contributed by atoms with Crippen molar-refractivity contribution < 1.29 is 4.74 Å². The molecule has 1 atom stereocenters. The maximum Gasteiger partial charge on any atom is 0.0661 e. The summed E-state index contributed by atoms with van der Waals surface area (Å²) >= 11 is 0. The van der Waals surface area contributed by atoms with Gasteiger partial charge < -0.3 is 10.1 Å². The Bertz CT molecular complexity index is 376. The van der Waals surface area contributed by atoms with Crippen LogP contribution in [-0.2, 0) is 4.74 Å². The van der Waals surface area contributed by atoms with E-state index in [0.717, 1.165) is 13.2 Å². The van der Waals surface area contributed by atoms with Crippen molar-refractivity contribution in [2.45, 2.75) is 58.9 Å². The Labute approximate surface area is 124 Å². The van der Waals surface area contributed by atoms with Gasteiger partial charge in [-0.1, -0.05) is 56.4 Å². The first-order valence-electron chi connectivity index (χ1n) is 8.01. The summed E-state index contributed by atoms with van der Waals surface area (Å²) in [6.45, 7) is 8.20. The lowest BCUT2D eigenvalue weighted by atomic mass is 10.00. The first-order valence-corrected chi connectivity index (χ1v) is 8.01.